The van der Waals surface area contributed by atoms with Gasteiger partial charge in [0.15, 0.2) is 0 Å². The number of nitrogens with one attached hydrogen (secondary N) is 2. The molecule has 0 aliphatic rings. The molecule has 1 aromatic heterocycles. The Morgan fingerprint density at radius 1 is 1.24 bits per heavy atom. The molecule has 6 nitrogen and oxygen atoms in total. The van der Waals surface area contributed by atoms with Crippen LogP contribution in [0.4, 0.5) is 5.82 Å². The van der Waals surface area contributed by atoms with Crippen molar-refractivity contribution >= 4 is 11.6 Å². The van der Waals surface area contributed by atoms with E-state index in [0.717, 1.165) is 22.7 Å². The van der Waals surface area contributed by atoms with Gasteiger partial charge in [0, 0.05) is 38.3 Å². The Morgan fingerprint density at radius 2 is 2.00 bits per heavy atom. The molecule has 0 aliphatic heterocycles. The van der Waals surface area contributed by atoms with Gasteiger partial charge >= 0.3 is 0 Å². The van der Waals surface area contributed by atoms with Gasteiger partial charge in [0.1, 0.15) is 24.0 Å². The van der Waals surface area contributed by atoms with E-state index < -0.39 is 6.10 Å². The molecule has 0 radical (unpaired) electrons. The zero-order valence-electron chi connectivity index (χ0n) is 14.7. The Kier molecular flexibility index (Phi) is 7.37. The van der Waals surface area contributed by atoms with Crippen molar-refractivity contribution < 1.29 is 14.6 Å². The summed E-state index contributed by atoms with van der Waals surface area (Å²) in [6, 6.07) is 11.2. The summed E-state index contributed by atoms with van der Waals surface area (Å²) >= 11 is 0. The SMILES string of the molecule is CNc1ccc(C(O)CNCCOc2ccc(CC(C)=O)cc2)cn1. The van der Waals surface area contributed by atoms with Crippen molar-refractivity contribution in [3.63, 3.8) is 0 Å². The number of rotatable bonds is 10. The van der Waals surface area contributed by atoms with Gasteiger partial charge in [-0.1, -0.05) is 18.2 Å². The van der Waals surface area contributed by atoms with Crippen LogP contribution in [0.5, 0.6) is 5.75 Å². The molecule has 1 atom stereocenters. The normalized spacial score (nSPS) is 11.8. The topological polar surface area (TPSA) is 83.5 Å². The van der Waals surface area contributed by atoms with Gasteiger partial charge in [-0.15, -0.1) is 0 Å². The number of Topliss-reactive ketones (excluding diaryl/α,β-unsaturated/α-hetero) is 1. The van der Waals surface area contributed by atoms with Gasteiger partial charge in [0.2, 0.25) is 0 Å². The van der Waals surface area contributed by atoms with Crippen LogP contribution in [0.2, 0.25) is 0 Å². The van der Waals surface area contributed by atoms with Crippen molar-refractivity contribution in [2.45, 2.75) is 19.4 Å². The number of ether oxygens (including phenoxy) is 1. The first-order chi connectivity index (χ1) is 12.1. The lowest BCUT2D eigenvalue weighted by Gasteiger charge is -2.13. The number of aromatic nitrogens is 1. The fourth-order valence-corrected chi connectivity index (χ4v) is 2.34. The van der Waals surface area contributed by atoms with Crippen LogP contribution in [0.15, 0.2) is 42.6 Å². The molecule has 0 amide bonds. The van der Waals surface area contributed by atoms with E-state index >= 15 is 0 Å². The van der Waals surface area contributed by atoms with Crippen LogP contribution in [0, 0.1) is 0 Å². The minimum absolute atomic E-state index is 0.146. The van der Waals surface area contributed by atoms with Crippen LogP contribution in [-0.4, -0.2) is 42.6 Å². The Bertz CT molecular complexity index is 657. The molecule has 25 heavy (non-hydrogen) atoms. The molecule has 2 rings (SSSR count). The summed E-state index contributed by atoms with van der Waals surface area (Å²) in [6.45, 7) is 3.13. The number of aliphatic hydroxyl groups excluding tert-OH is 1. The van der Waals surface area contributed by atoms with E-state index in [1.807, 2.05) is 36.4 Å². The molecule has 0 saturated carbocycles. The predicted octanol–water partition coefficient (Wildman–Crippen LogP) is 1.96. The number of carbonyl (C=O) groups is 1. The monoisotopic (exact) mass is 343 g/mol. The Hall–Kier alpha value is -2.44. The average molecular weight is 343 g/mol. The van der Waals surface area contributed by atoms with Gasteiger partial charge in [0.25, 0.3) is 0 Å². The summed E-state index contributed by atoms with van der Waals surface area (Å²) in [6.07, 6.45) is 1.51. The maximum absolute atomic E-state index is 11.1. The summed E-state index contributed by atoms with van der Waals surface area (Å²) < 4.78 is 5.63. The first-order valence-corrected chi connectivity index (χ1v) is 8.32. The predicted molar refractivity (Wildman–Crippen MR) is 97.9 cm³/mol. The molecule has 0 bridgehead atoms. The quantitative estimate of drug-likeness (QED) is 0.572. The fraction of sp³-hybridized carbons (Fsp3) is 0.368. The molecule has 0 spiro atoms. The standard InChI is InChI=1S/C19H25N3O3/c1-14(23)11-15-3-6-17(7-4-15)25-10-9-21-13-18(24)16-5-8-19(20-2)22-12-16/h3-8,12,18,21,24H,9-11,13H2,1-2H3,(H,20,22). The van der Waals surface area contributed by atoms with Crippen LogP contribution < -0.4 is 15.4 Å². The largest absolute Gasteiger partial charge is 0.492 e. The summed E-state index contributed by atoms with van der Waals surface area (Å²) in [5, 5.41) is 16.2. The van der Waals surface area contributed by atoms with E-state index in [4.69, 9.17) is 4.74 Å². The minimum atomic E-state index is -0.607. The van der Waals surface area contributed by atoms with Crippen molar-refractivity contribution in [3.8, 4) is 5.75 Å². The molecule has 6 heteroatoms. The maximum atomic E-state index is 11.1. The average Bonchev–Trinajstić information content (AvgIpc) is 2.62. The lowest BCUT2D eigenvalue weighted by Crippen LogP contribution is -2.26. The number of hydrogen-bond donors (Lipinski definition) is 3. The van der Waals surface area contributed by atoms with Crippen LogP contribution >= 0.6 is 0 Å². The summed E-state index contributed by atoms with van der Waals surface area (Å²) in [4.78, 5) is 15.2. The van der Waals surface area contributed by atoms with Crippen molar-refractivity contribution in [2.75, 3.05) is 32.1 Å². The fourth-order valence-electron chi connectivity index (χ4n) is 2.34. The van der Waals surface area contributed by atoms with Gasteiger partial charge in [-0.25, -0.2) is 4.98 Å². The summed E-state index contributed by atoms with van der Waals surface area (Å²) in [5.41, 5.74) is 1.76. The number of ketones is 1. The lowest BCUT2D eigenvalue weighted by atomic mass is 10.1. The lowest BCUT2D eigenvalue weighted by molar-refractivity contribution is -0.116. The summed E-state index contributed by atoms with van der Waals surface area (Å²) in [7, 11) is 1.80. The zero-order chi connectivity index (χ0) is 18.1. The first-order valence-electron chi connectivity index (χ1n) is 8.32. The van der Waals surface area contributed by atoms with Crippen LogP contribution in [0.1, 0.15) is 24.2 Å². The molecule has 1 heterocycles. The van der Waals surface area contributed by atoms with E-state index in [0.29, 0.717) is 26.1 Å². The van der Waals surface area contributed by atoms with E-state index in [1.54, 1.807) is 20.2 Å². The highest BCUT2D eigenvalue weighted by molar-refractivity contribution is 5.78. The van der Waals surface area contributed by atoms with E-state index in [2.05, 4.69) is 15.6 Å². The molecule has 3 N–H and O–H groups in total. The van der Waals surface area contributed by atoms with E-state index in [9.17, 15) is 9.90 Å². The molecule has 2 aromatic rings. The number of pyridine rings is 1. The Labute approximate surface area is 148 Å². The van der Waals surface area contributed by atoms with Crippen molar-refractivity contribution in [2.24, 2.45) is 0 Å². The molecular weight excluding hydrogens is 318 g/mol. The first kappa shape index (κ1) is 18.9. The molecular formula is C19H25N3O3. The molecule has 1 unspecified atom stereocenters. The highest BCUT2D eigenvalue weighted by atomic mass is 16.5. The van der Waals surface area contributed by atoms with Crippen molar-refractivity contribution in [1.29, 1.82) is 0 Å². The van der Waals surface area contributed by atoms with Crippen molar-refractivity contribution in [3.05, 3.63) is 53.7 Å². The smallest absolute Gasteiger partial charge is 0.134 e. The molecule has 1 aromatic carbocycles. The number of aliphatic hydroxyl groups is 1. The van der Waals surface area contributed by atoms with Gasteiger partial charge < -0.3 is 20.5 Å². The zero-order valence-corrected chi connectivity index (χ0v) is 14.7. The highest BCUT2D eigenvalue weighted by Gasteiger charge is 2.07. The number of hydrogen-bond acceptors (Lipinski definition) is 6. The van der Waals surface area contributed by atoms with E-state index in [1.165, 1.54) is 0 Å². The van der Waals surface area contributed by atoms with E-state index in [-0.39, 0.29) is 5.78 Å². The minimum Gasteiger partial charge on any atom is -0.492 e. The third kappa shape index (κ3) is 6.52. The third-order valence-corrected chi connectivity index (χ3v) is 3.69. The number of nitrogens with zero attached hydrogens (tertiary/aromatic N) is 1. The summed E-state index contributed by atoms with van der Waals surface area (Å²) in [5.74, 6) is 1.68. The molecule has 0 fully saturated rings. The van der Waals surface area contributed by atoms with Gasteiger partial charge in [0.05, 0.1) is 6.10 Å². The Morgan fingerprint density at radius 3 is 2.60 bits per heavy atom. The third-order valence-electron chi connectivity index (χ3n) is 3.69. The van der Waals surface area contributed by atoms with Gasteiger partial charge in [-0.05, 0) is 30.7 Å². The second kappa shape index (κ2) is 9.76. The maximum Gasteiger partial charge on any atom is 0.134 e. The Balaban J connectivity index is 1.66. The number of benzene rings is 1. The number of carbonyl (C=O) groups excluding carboxylic acids is 1. The van der Waals surface area contributed by atoms with Crippen LogP contribution in [0.25, 0.3) is 0 Å². The van der Waals surface area contributed by atoms with Crippen LogP contribution in [-0.2, 0) is 11.2 Å². The molecule has 0 aliphatic carbocycles. The highest BCUT2D eigenvalue weighted by Crippen LogP contribution is 2.14. The second-order valence-corrected chi connectivity index (χ2v) is 5.82. The number of anilines is 1. The second-order valence-electron chi connectivity index (χ2n) is 5.82. The van der Waals surface area contributed by atoms with Gasteiger partial charge in [-0.3, -0.25) is 4.79 Å². The van der Waals surface area contributed by atoms with Crippen molar-refractivity contribution in [1.82, 2.24) is 10.3 Å². The van der Waals surface area contributed by atoms with Gasteiger partial charge in [-0.2, -0.15) is 0 Å². The molecule has 134 valence electrons. The molecule has 0 saturated heterocycles. The van der Waals surface area contributed by atoms with Crippen LogP contribution in [0.3, 0.4) is 0 Å².